The molecule has 0 atom stereocenters. The van der Waals surface area contributed by atoms with Crippen LogP contribution in [0.3, 0.4) is 0 Å². The second-order valence-corrected chi connectivity index (χ2v) is 5.83. The van der Waals surface area contributed by atoms with Gasteiger partial charge in [-0.1, -0.05) is 25.3 Å². The van der Waals surface area contributed by atoms with E-state index in [1.54, 1.807) is 13.1 Å². The predicted octanol–water partition coefficient (Wildman–Crippen LogP) is 3.32. The van der Waals surface area contributed by atoms with Gasteiger partial charge in [0, 0.05) is 12.7 Å². The number of aromatic nitrogens is 1. The number of aryl methyl sites for hydroxylation is 2. The molecule has 0 bridgehead atoms. The summed E-state index contributed by atoms with van der Waals surface area (Å²) in [5.74, 6) is 0.343. The molecule has 1 aliphatic carbocycles. The minimum absolute atomic E-state index is 0.159. The fraction of sp³-hybridized carbons (Fsp3) is 0.529. The molecule has 108 valence electrons. The van der Waals surface area contributed by atoms with Crippen LogP contribution in [0.5, 0.6) is 0 Å². The van der Waals surface area contributed by atoms with Gasteiger partial charge in [-0.2, -0.15) is 0 Å². The Morgan fingerprint density at radius 2 is 1.90 bits per heavy atom. The second kappa shape index (κ2) is 6.21. The molecule has 1 fully saturated rings. The lowest BCUT2D eigenvalue weighted by molar-refractivity contribution is 0.104. The van der Waals surface area contributed by atoms with Crippen molar-refractivity contribution in [1.29, 1.82) is 0 Å². The number of carbonyl (C=O) groups is 1. The van der Waals surface area contributed by atoms with E-state index in [0.29, 0.717) is 11.5 Å². The molecule has 0 saturated heterocycles. The van der Waals surface area contributed by atoms with E-state index in [1.165, 1.54) is 23.8 Å². The van der Waals surface area contributed by atoms with Crippen LogP contribution in [-0.2, 0) is 7.05 Å². The maximum absolute atomic E-state index is 12.3. The fourth-order valence-electron chi connectivity index (χ4n) is 2.91. The molecule has 0 spiro atoms. The van der Waals surface area contributed by atoms with Crippen LogP contribution >= 0.6 is 0 Å². The molecule has 3 heteroatoms. The zero-order valence-corrected chi connectivity index (χ0v) is 12.6. The summed E-state index contributed by atoms with van der Waals surface area (Å²) in [4.78, 5) is 24.5. The highest BCUT2D eigenvalue weighted by Gasteiger charge is 2.15. The van der Waals surface area contributed by atoms with Gasteiger partial charge in [0.15, 0.2) is 5.78 Å². The zero-order valence-electron chi connectivity index (χ0n) is 12.6. The van der Waals surface area contributed by atoms with Crippen LogP contribution in [-0.4, -0.2) is 10.4 Å². The van der Waals surface area contributed by atoms with Crippen molar-refractivity contribution in [3.63, 3.8) is 0 Å². The van der Waals surface area contributed by atoms with Crippen molar-refractivity contribution in [3.05, 3.63) is 45.4 Å². The van der Waals surface area contributed by atoms with Gasteiger partial charge < -0.3 is 4.57 Å². The van der Waals surface area contributed by atoms with Crippen LogP contribution in [0, 0.1) is 19.8 Å². The maximum atomic E-state index is 12.3. The highest BCUT2D eigenvalue weighted by molar-refractivity contribution is 6.05. The molecule has 1 aromatic rings. The van der Waals surface area contributed by atoms with Gasteiger partial charge in [0.05, 0.1) is 5.56 Å². The summed E-state index contributed by atoms with van der Waals surface area (Å²) in [6.07, 6.45) is 9.72. The quantitative estimate of drug-likeness (QED) is 0.626. The number of hydrogen-bond acceptors (Lipinski definition) is 2. The Kier molecular flexibility index (Phi) is 4.58. The lowest BCUT2D eigenvalue weighted by Gasteiger charge is -2.17. The minimum atomic E-state index is -0.194. The van der Waals surface area contributed by atoms with E-state index in [9.17, 15) is 9.59 Å². The second-order valence-electron chi connectivity index (χ2n) is 5.83. The molecule has 1 saturated carbocycles. The van der Waals surface area contributed by atoms with E-state index in [0.717, 1.165) is 24.1 Å². The van der Waals surface area contributed by atoms with Gasteiger partial charge >= 0.3 is 0 Å². The molecule has 0 aliphatic heterocycles. The number of rotatable bonds is 3. The SMILES string of the molecule is Cc1cc(C)n(C)c(=O)c1C(=O)/C=C/C1CCCCC1. The molecule has 2 rings (SSSR count). The monoisotopic (exact) mass is 273 g/mol. The normalized spacial score (nSPS) is 16.8. The lowest BCUT2D eigenvalue weighted by Crippen LogP contribution is -2.26. The number of ketones is 1. The molecule has 1 heterocycles. The van der Waals surface area contributed by atoms with Gasteiger partial charge in [-0.05, 0) is 50.3 Å². The van der Waals surface area contributed by atoms with Crippen LogP contribution in [0.2, 0.25) is 0 Å². The smallest absolute Gasteiger partial charge is 0.261 e. The summed E-state index contributed by atoms with van der Waals surface area (Å²) < 4.78 is 1.54. The van der Waals surface area contributed by atoms with Crippen LogP contribution in [0.25, 0.3) is 0 Å². The first-order chi connectivity index (χ1) is 9.50. The Bertz CT molecular complexity index is 590. The van der Waals surface area contributed by atoms with Gasteiger partial charge in [0.25, 0.3) is 5.56 Å². The van der Waals surface area contributed by atoms with E-state index in [2.05, 4.69) is 0 Å². The summed E-state index contributed by atoms with van der Waals surface area (Å²) >= 11 is 0. The minimum Gasteiger partial charge on any atom is -0.315 e. The zero-order chi connectivity index (χ0) is 14.7. The van der Waals surface area contributed by atoms with E-state index >= 15 is 0 Å². The molecule has 20 heavy (non-hydrogen) atoms. The molecule has 0 unspecified atom stereocenters. The topological polar surface area (TPSA) is 39.1 Å². The van der Waals surface area contributed by atoms with Gasteiger partial charge in [0.2, 0.25) is 0 Å². The molecule has 0 aromatic carbocycles. The summed E-state index contributed by atoms with van der Waals surface area (Å²) in [6, 6.07) is 1.89. The highest BCUT2D eigenvalue weighted by atomic mass is 16.1. The first kappa shape index (κ1) is 14.8. The standard InChI is InChI=1S/C17H23NO2/c1-12-11-13(2)18(3)17(20)16(12)15(19)10-9-14-7-5-4-6-8-14/h9-11,14H,4-8H2,1-3H3/b10-9+. The molecule has 0 radical (unpaired) electrons. The van der Waals surface area contributed by atoms with Crippen LogP contribution in [0.15, 0.2) is 23.0 Å². The van der Waals surface area contributed by atoms with Crippen LogP contribution in [0.4, 0.5) is 0 Å². The predicted molar refractivity (Wildman–Crippen MR) is 81.2 cm³/mol. The number of allylic oxidation sites excluding steroid dienone is 2. The van der Waals surface area contributed by atoms with Crippen molar-refractivity contribution < 1.29 is 4.79 Å². The first-order valence-corrected chi connectivity index (χ1v) is 7.40. The van der Waals surface area contributed by atoms with Crippen molar-refractivity contribution in [2.24, 2.45) is 13.0 Å². The van der Waals surface area contributed by atoms with Crippen molar-refractivity contribution in [3.8, 4) is 0 Å². The Morgan fingerprint density at radius 1 is 1.25 bits per heavy atom. The highest BCUT2D eigenvalue weighted by Crippen LogP contribution is 2.24. The lowest BCUT2D eigenvalue weighted by atomic mass is 9.88. The summed E-state index contributed by atoms with van der Waals surface area (Å²) in [5, 5.41) is 0. The average Bonchev–Trinajstić information content (AvgIpc) is 2.44. The van der Waals surface area contributed by atoms with Gasteiger partial charge in [-0.25, -0.2) is 0 Å². The van der Waals surface area contributed by atoms with Gasteiger partial charge in [-0.15, -0.1) is 0 Å². The third kappa shape index (κ3) is 3.09. The number of carbonyl (C=O) groups excluding carboxylic acids is 1. The third-order valence-electron chi connectivity index (χ3n) is 4.28. The molecule has 0 N–H and O–H groups in total. The Morgan fingerprint density at radius 3 is 2.55 bits per heavy atom. The average molecular weight is 273 g/mol. The van der Waals surface area contributed by atoms with Crippen LogP contribution < -0.4 is 5.56 Å². The molecule has 1 aliphatic rings. The van der Waals surface area contributed by atoms with E-state index in [1.807, 2.05) is 26.0 Å². The van der Waals surface area contributed by atoms with Crippen molar-refractivity contribution in [1.82, 2.24) is 4.57 Å². The van der Waals surface area contributed by atoms with Gasteiger partial charge in [-0.3, -0.25) is 9.59 Å². The summed E-state index contributed by atoms with van der Waals surface area (Å²) in [5.41, 5.74) is 1.76. The largest absolute Gasteiger partial charge is 0.315 e. The first-order valence-electron chi connectivity index (χ1n) is 7.40. The van der Waals surface area contributed by atoms with E-state index in [4.69, 9.17) is 0 Å². The van der Waals surface area contributed by atoms with E-state index < -0.39 is 0 Å². The van der Waals surface area contributed by atoms with Gasteiger partial charge in [0.1, 0.15) is 0 Å². The number of pyridine rings is 1. The third-order valence-corrected chi connectivity index (χ3v) is 4.28. The summed E-state index contributed by atoms with van der Waals surface area (Å²) in [6.45, 7) is 3.70. The van der Waals surface area contributed by atoms with Crippen molar-refractivity contribution in [2.45, 2.75) is 46.0 Å². The molecular weight excluding hydrogens is 250 g/mol. The molecule has 0 amide bonds. The fourth-order valence-corrected chi connectivity index (χ4v) is 2.91. The Labute approximate surface area is 120 Å². The Hall–Kier alpha value is -1.64. The molecular formula is C17H23NO2. The molecule has 1 aromatic heterocycles. The van der Waals surface area contributed by atoms with Crippen molar-refractivity contribution >= 4 is 5.78 Å². The number of nitrogens with zero attached hydrogens (tertiary/aromatic N) is 1. The van der Waals surface area contributed by atoms with Crippen molar-refractivity contribution in [2.75, 3.05) is 0 Å². The van der Waals surface area contributed by atoms with E-state index in [-0.39, 0.29) is 11.3 Å². The summed E-state index contributed by atoms with van der Waals surface area (Å²) in [7, 11) is 1.71. The maximum Gasteiger partial charge on any atom is 0.261 e. The number of hydrogen-bond donors (Lipinski definition) is 0. The van der Waals surface area contributed by atoms with Crippen LogP contribution in [0.1, 0.15) is 53.7 Å². The molecule has 3 nitrogen and oxygen atoms in total. The Balaban J connectivity index is 2.23.